The second-order valence-electron chi connectivity index (χ2n) is 5.04. The highest BCUT2D eigenvalue weighted by atomic mass is 16.5. The first-order valence-corrected chi connectivity index (χ1v) is 6.82. The lowest BCUT2D eigenvalue weighted by Gasteiger charge is -2.19. The van der Waals surface area contributed by atoms with Crippen molar-refractivity contribution in [2.45, 2.75) is 13.5 Å². The van der Waals surface area contributed by atoms with E-state index in [0.717, 1.165) is 33.8 Å². The number of benzene rings is 1. The summed E-state index contributed by atoms with van der Waals surface area (Å²) in [7, 11) is 0. The highest BCUT2D eigenvalue weighted by molar-refractivity contribution is 5.73. The Kier molecular flexibility index (Phi) is 2.67. The summed E-state index contributed by atoms with van der Waals surface area (Å²) in [6.45, 7) is 2.48. The maximum Gasteiger partial charge on any atom is 0.161 e. The lowest BCUT2D eigenvalue weighted by atomic mass is 10.0. The van der Waals surface area contributed by atoms with Crippen molar-refractivity contribution in [3.05, 3.63) is 60.0 Å². The molecule has 0 fully saturated rings. The molecule has 4 heteroatoms. The summed E-state index contributed by atoms with van der Waals surface area (Å²) in [6, 6.07) is 11.9. The first-order chi connectivity index (χ1) is 10.3. The summed E-state index contributed by atoms with van der Waals surface area (Å²) in [5.41, 5.74) is 4.88. The van der Waals surface area contributed by atoms with Gasteiger partial charge < -0.3 is 4.74 Å². The van der Waals surface area contributed by atoms with Crippen molar-refractivity contribution in [1.82, 2.24) is 15.0 Å². The normalized spacial score (nSPS) is 12.2. The Balaban J connectivity index is 1.86. The molecule has 0 saturated carbocycles. The largest absolute Gasteiger partial charge is 0.488 e. The number of aromatic nitrogens is 3. The number of ether oxygens (including phenoxy) is 1. The minimum Gasteiger partial charge on any atom is -0.488 e. The van der Waals surface area contributed by atoms with Crippen LogP contribution in [0.1, 0.15) is 11.3 Å². The Morgan fingerprint density at radius 3 is 2.76 bits per heavy atom. The molecule has 0 aliphatic carbocycles. The Hall–Kier alpha value is -2.75. The number of para-hydroxylation sites is 1. The van der Waals surface area contributed by atoms with Crippen LogP contribution < -0.4 is 4.74 Å². The standard InChI is InChI=1S/C17H13N3O/c1-11-6-7-12(8-18-11)17-19-9-13-10-21-15-5-3-2-4-14(15)16(13)20-17/h2-9H,10H2,1H3. The molecular formula is C17H13N3O. The van der Waals surface area contributed by atoms with Crippen molar-refractivity contribution < 1.29 is 4.74 Å². The van der Waals surface area contributed by atoms with Crippen LogP contribution in [0.25, 0.3) is 22.6 Å². The van der Waals surface area contributed by atoms with Crippen LogP contribution in [0.3, 0.4) is 0 Å². The molecule has 0 amide bonds. The van der Waals surface area contributed by atoms with E-state index in [9.17, 15) is 0 Å². The first-order valence-electron chi connectivity index (χ1n) is 6.82. The van der Waals surface area contributed by atoms with Crippen LogP contribution in [0.15, 0.2) is 48.8 Å². The van der Waals surface area contributed by atoms with Gasteiger partial charge in [0, 0.05) is 34.8 Å². The molecule has 4 rings (SSSR count). The number of hydrogen-bond acceptors (Lipinski definition) is 4. The number of hydrogen-bond donors (Lipinski definition) is 0. The maximum absolute atomic E-state index is 5.72. The molecule has 0 bridgehead atoms. The van der Waals surface area contributed by atoms with Gasteiger partial charge in [-0.25, -0.2) is 9.97 Å². The van der Waals surface area contributed by atoms with Gasteiger partial charge in [-0.3, -0.25) is 4.98 Å². The van der Waals surface area contributed by atoms with Crippen LogP contribution in [0.5, 0.6) is 5.75 Å². The van der Waals surface area contributed by atoms with Gasteiger partial charge in [-0.2, -0.15) is 0 Å². The van der Waals surface area contributed by atoms with Crippen LogP contribution in [0.4, 0.5) is 0 Å². The molecule has 0 N–H and O–H groups in total. The van der Waals surface area contributed by atoms with Gasteiger partial charge in [0.1, 0.15) is 12.4 Å². The topological polar surface area (TPSA) is 47.9 Å². The third kappa shape index (κ3) is 2.05. The number of rotatable bonds is 1. The predicted octanol–water partition coefficient (Wildman–Crippen LogP) is 3.41. The van der Waals surface area contributed by atoms with Gasteiger partial charge in [0.05, 0.1) is 5.69 Å². The van der Waals surface area contributed by atoms with Gasteiger partial charge >= 0.3 is 0 Å². The zero-order valence-electron chi connectivity index (χ0n) is 11.6. The average Bonchev–Trinajstić information content (AvgIpc) is 2.55. The van der Waals surface area contributed by atoms with Crippen molar-refractivity contribution in [2.24, 2.45) is 0 Å². The summed E-state index contributed by atoms with van der Waals surface area (Å²) >= 11 is 0. The molecule has 1 aliphatic rings. The molecular weight excluding hydrogens is 262 g/mol. The molecule has 3 aromatic rings. The second-order valence-corrected chi connectivity index (χ2v) is 5.04. The lowest BCUT2D eigenvalue weighted by Crippen LogP contribution is -2.08. The van der Waals surface area contributed by atoms with Crippen molar-refractivity contribution in [3.8, 4) is 28.4 Å². The molecule has 0 saturated heterocycles. The first kappa shape index (κ1) is 12.0. The number of nitrogens with zero attached hydrogens (tertiary/aromatic N) is 3. The van der Waals surface area contributed by atoms with Gasteiger partial charge in [0.15, 0.2) is 5.82 Å². The van der Waals surface area contributed by atoms with E-state index in [1.54, 1.807) is 0 Å². The van der Waals surface area contributed by atoms with Gasteiger partial charge in [-0.1, -0.05) is 12.1 Å². The minimum absolute atomic E-state index is 0.513. The third-order valence-electron chi connectivity index (χ3n) is 3.56. The van der Waals surface area contributed by atoms with Gasteiger partial charge in [-0.15, -0.1) is 0 Å². The number of pyridine rings is 1. The average molecular weight is 275 g/mol. The van der Waals surface area contributed by atoms with E-state index in [-0.39, 0.29) is 0 Å². The lowest BCUT2D eigenvalue weighted by molar-refractivity contribution is 0.301. The summed E-state index contributed by atoms with van der Waals surface area (Å²) in [4.78, 5) is 13.5. The fraction of sp³-hybridized carbons (Fsp3) is 0.118. The Morgan fingerprint density at radius 2 is 1.90 bits per heavy atom. The number of fused-ring (bicyclic) bond motifs is 3. The van der Waals surface area contributed by atoms with Crippen molar-refractivity contribution in [2.75, 3.05) is 0 Å². The highest BCUT2D eigenvalue weighted by Gasteiger charge is 2.19. The summed E-state index contributed by atoms with van der Waals surface area (Å²) in [5, 5.41) is 0. The SMILES string of the molecule is Cc1ccc(-c2ncc3c(n2)-c2ccccc2OC3)cn1. The maximum atomic E-state index is 5.72. The molecule has 1 aromatic carbocycles. The van der Waals surface area contributed by atoms with Crippen molar-refractivity contribution in [1.29, 1.82) is 0 Å². The van der Waals surface area contributed by atoms with Crippen LogP contribution >= 0.6 is 0 Å². The van der Waals surface area contributed by atoms with Gasteiger partial charge in [0.2, 0.25) is 0 Å². The van der Waals surface area contributed by atoms with Gasteiger partial charge in [0.25, 0.3) is 0 Å². The minimum atomic E-state index is 0.513. The molecule has 0 spiro atoms. The van der Waals surface area contributed by atoms with Crippen molar-refractivity contribution >= 4 is 0 Å². The monoisotopic (exact) mass is 275 g/mol. The summed E-state index contributed by atoms with van der Waals surface area (Å²) < 4.78 is 5.72. The van der Waals surface area contributed by atoms with Crippen LogP contribution in [0.2, 0.25) is 0 Å². The third-order valence-corrected chi connectivity index (χ3v) is 3.56. The molecule has 4 nitrogen and oxygen atoms in total. The smallest absolute Gasteiger partial charge is 0.161 e. The van der Waals surface area contributed by atoms with E-state index in [4.69, 9.17) is 9.72 Å². The van der Waals surface area contributed by atoms with Crippen LogP contribution in [-0.4, -0.2) is 15.0 Å². The molecule has 21 heavy (non-hydrogen) atoms. The Labute approximate surface area is 122 Å². The van der Waals surface area contributed by atoms with Crippen molar-refractivity contribution in [3.63, 3.8) is 0 Å². The second kappa shape index (κ2) is 4.66. The summed E-state index contributed by atoms with van der Waals surface area (Å²) in [5.74, 6) is 1.56. The molecule has 0 atom stereocenters. The number of aryl methyl sites for hydroxylation is 1. The molecule has 3 heterocycles. The molecule has 102 valence electrons. The summed E-state index contributed by atoms with van der Waals surface area (Å²) in [6.07, 6.45) is 3.65. The fourth-order valence-corrected chi connectivity index (χ4v) is 2.43. The van der Waals surface area contributed by atoms with E-state index in [1.807, 2.05) is 55.7 Å². The van der Waals surface area contributed by atoms with E-state index in [1.165, 1.54) is 0 Å². The Bertz CT molecular complexity index is 813. The molecule has 0 radical (unpaired) electrons. The van der Waals surface area contributed by atoms with Crippen LogP contribution in [0, 0.1) is 6.92 Å². The fourth-order valence-electron chi connectivity index (χ4n) is 2.43. The molecule has 2 aromatic heterocycles. The molecule has 0 unspecified atom stereocenters. The zero-order chi connectivity index (χ0) is 14.2. The zero-order valence-corrected chi connectivity index (χ0v) is 11.6. The van der Waals surface area contributed by atoms with Gasteiger partial charge in [-0.05, 0) is 31.2 Å². The Morgan fingerprint density at radius 1 is 1.00 bits per heavy atom. The van der Waals surface area contributed by atoms with E-state index < -0.39 is 0 Å². The van der Waals surface area contributed by atoms with E-state index >= 15 is 0 Å². The highest BCUT2D eigenvalue weighted by Crippen LogP contribution is 2.36. The quantitative estimate of drug-likeness (QED) is 0.683. The molecule has 1 aliphatic heterocycles. The van der Waals surface area contributed by atoms with E-state index in [2.05, 4.69) is 9.97 Å². The van der Waals surface area contributed by atoms with Crippen LogP contribution in [-0.2, 0) is 6.61 Å². The van der Waals surface area contributed by atoms with E-state index in [0.29, 0.717) is 12.4 Å². The predicted molar refractivity (Wildman–Crippen MR) is 79.8 cm³/mol.